The molecule has 39 heavy (non-hydrogen) atoms. The number of carbonyl (C=O) groups is 6. The molecule has 0 aliphatic carbocycles. The second kappa shape index (κ2) is 15.7. The van der Waals surface area contributed by atoms with Crippen LogP contribution in [-0.2, 0) is 24.0 Å². The molecule has 0 aromatic carbocycles. The first-order valence-electron chi connectivity index (χ1n) is 14.1. The van der Waals surface area contributed by atoms with Crippen LogP contribution in [0.25, 0.3) is 0 Å². The molecule has 5 N–H and O–H groups in total. The van der Waals surface area contributed by atoms with Crippen molar-refractivity contribution in [3.05, 3.63) is 0 Å². The third kappa shape index (κ3) is 9.70. The third-order valence-electron chi connectivity index (χ3n) is 7.40. The van der Waals surface area contributed by atoms with E-state index in [-0.39, 0.29) is 49.2 Å². The average Bonchev–Trinajstić information content (AvgIpc) is 3.55. The number of carboxylic acids is 1. The fraction of sp³-hybridized carbons (Fsp3) is 0.769. The molecular formula is C26H41N5O7S. The number of unbranched alkanes of at least 4 members (excludes halogenated alkanes) is 4. The summed E-state index contributed by atoms with van der Waals surface area (Å²) in [6, 6.07) is -0.779. The smallest absolute Gasteiger partial charge is 0.326 e. The Morgan fingerprint density at radius 1 is 0.872 bits per heavy atom. The van der Waals surface area contributed by atoms with Gasteiger partial charge in [-0.25, -0.2) is 9.59 Å². The van der Waals surface area contributed by atoms with E-state index in [1.165, 1.54) is 0 Å². The summed E-state index contributed by atoms with van der Waals surface area (Å²) in [5.74, 6) is -1.14. The third-order valence-corrected chi connectivity index (χ3v) is 8.91. The van der Waals surface area contributed by atoms with Crippen LogP contribution in [-0.4, -0.2) is 87.9 Å². The highest BCUT2D eigenvalue weighted by Crippen LogP contribution is 2.33. The van der Waals surface area contributed by atoms with E-state index < -0.39 is 23.8 Å². The molecule has 3 saturated heterocycles. The van der Waals surface area contributed by atoms with Gasteiger partial charge in [0.05, 0.1) is 12.1 Å². The molecule has 0 aromatic heterocycles. The number of hydrogen-bond donors (Lipinski definition) is 5. The molecule has 0 aromatic rings. The highest BCUT2D eigenvalue weighted by Gasteiger charge is 2.42. The zero-order valence-electron chi connectivity index (χ0n) is 22.4. The second-order valence-corrected chi connectivity index (χ2v) is 11.7. The Morgan fingerprint density at radius 3 is 2.13 bits per heavy atom. The Labute approximate surface area is 233 Å². The van der Waals surface area contributed by atoms with E-state index in [1.807, 2.05) is 11.8 Å². The molecule has 3 fully saturated rings. The van der Waals surface area contributed by atoms with Crippen LogP contribution < -0.4 is 21.3 Å². The number of amides is 6. The van der Waals surface area contributed by atoms with Gasteiger partial charge < -0.3 is 26.4 Å². The van der Waals surface area contributed by atoms with Gasteiger partial charge in [0.1, 0.15) is 6.04 Å². The van der Waals surface area contributed by atoms with E-state index in [1.54, 1.807) is 0 Å². The van der Waals surface area contributed by atoms with Crippen molar-refractivity contribution < 1.29 is 33.9 Å². The normalized spacial score (nSPS) is 22.8. The molecule has 3 heterocycles. The van der Waals surface area contributed by atoms with Crippen LogP contribution in [0.2, 0.25) is 0 Å². The van der Waals surface area contributed by atoms with E-state index in [0.29, 0.717) is 50.4 Å². The predicted octanol–water partition coefficient (Wildman–Crippen LogP) is 1.28. The maximum atomic E-state index is 12.0. The molecule has 2 unspecified atom stereocenters. The van der Waals surface area contributed by atoms with Crippen LogP contribution in [0.5, 0.6) is 0 Å². The fourth-order valence-corrected chi connectivity index (χ4v) is 6.80. The van der Waals surface area contributed by atoms with Gasteiger partial charge >= 0.3 is 12.0 Å². The largest absolute Gasteiger partial charge is 0.480 e. The quantitative estimate of drug-likeness (QED) is 0.0935. The van der Waals surface area contributed by atoms with Crippen molar-refractivity contribution in [2.75, 3.05) is 18.8 Å². The summed E-state index contributed by atoms with van der Waals surface area (Å²) in [4.78, 5) is 71.4. The molecule has 0 saturated carbocycles. The highest BCUT2D eigenvalue weighted by atomic mass is 32.2. The number of nitrogens with one attached hydrogen (secondary N) is 4. The molecular weight excluding hydrogens is 526 g/mol. The van der Waals surface area contributed by atoms with Crippen molar-refractivity contribution in [1.82, 2.24) is 26.2 Å². The van der Waals surface area contributed by atoms with Gasteiger partial charge in [-0.15, -0.1) is 0 Å². The van der Waals surface area contributed by atoms with E-state index in [9.17, 15) is 33.9 Å². The summed E-state index contributed by atoms with van der Waals surface area (Å²) in [5.41, 5.74) is 0. The molecule has 13 heteroatoms. The van der Waals surface area contributed by atoms with Gasteiger partial charge in [-0.2, -0.15) is 11.8 Å². The molecule has 4 atom stereocenters. The first kappa shape index (κ1) is 30.7. The van der Waals surface area contributed by atoms with Crippen molar-refractivity contribution in [1.29, 1.82) is 0 Å². The zero-order chi connectivity index (χ0) is 28.2. The molecule has 0 bridgehead atoms. The van der Waals surface area contributed by atoms with Crippen LogP contribution in [0.4, 0.5) is 4.79 Å². The lowest BCUT2D eigenvalue weighted by Gasteiger charge is -2.22. The lowest BCUT2D eigenvalue weighted by molar-refractivity contribution is -0.154. The number of fused-ring (bicyclic) bond motifs is 1. The number of hydrogen-bond acceptors (Lipinski definition) is 7. The Kier molecular flexibility index (Phi) is 12.3. The minimum atomic E-state index is -1.19. The summed E-state index contributed by atoms with van der Waals surface area (Å²) >= 11 is 1.88. The molecule has 3 rings (SSSR count). The number of urea groups is 1. The van der Waals surface area contributed by atoms with Crippen molar-refractivity contribution in [2.45, 2.75) is 107 Å². The van der Waals surface area contributed by atoms with Crippen LogP contribution >= 0.6 is 11.8 Å². The average molecular weight is 568 g/mol. The first-order chi connectivity index (χ1) is 18.8. The molecule has 218 valence electrons. The van der Waals surface area contributed by atoms with E-state index in [0.717, 1.165) is 42.8 Å². The van der Waals surface area contributed by atoms with E-state index >= 15 is 0 Å². The number of aliphatic carboxylic acids is 1. The highest BCUT2D eigenvalue weighted by molar-refractivity contribution is 8.00. The van der Waals surface area contributed by atoms with Gasteiger partial charge in [0.2, 0.25) is 23.6 Å². The summed E-state index contributed by atoms with van der Waals surface area (Å²) in [6.07, 6.45) is 7.34. The molecule has 3 aliphatic heterocycles. The number of thioether (sulfide) groups is 1. The topological polar surface area (TPSA) is 174 Å². The van der Waals surface area contributed by atoms with Crippen molar-refractivity contribution in [3.63, 3.8) is 0 Å². The maximum Gasteiger partial charge on any atom is 0.326 e. The molecule has 0 radical (unpaired) electrons. The van der Waals surface area contributed by atoms with Crippen LogP contribution in [0.1, 0.15) is 83.5 Å². The number of nitrogens with zero attached hydrogens (tertiary/aromatic N) is 1. The number of likely N-dealkylation sites (tertiary alicyclic amines) is 1. The summed E-state index contributed by atoms with van der Waals surface area (Å²) < 4.78 is 0. The Morgan fingerprint density at radius 2 is 1.49 bits per heavy atom. The summed E-state index contributed by atoms with van der Waals surface area (Å²) in [6.45, 7) is 1.00. The molecule has 0 spiro atoms. The first-order valence-corrected chi connectivity index (χ1v) is 15.1. The van der Waals surface area contributed by atoms with Crippen molar-refractivity contribution in [2.24, 2.45) is 0 Å². The van der Waals surface area contributed by atoms with Gasteiger partial charge in [0.15, 0.2) is 0 Å². The van der Waals surface area contributed by atoms with E-state index in [4.69, 9.17) is 0 Å². The summed E-state index contributed by atoms with van der Waals surface area (Å²) in [5, 5.41) is 21.5. The lowest BCUT2D eigenvalue weighted by Crippen LogP contribution is -2.44. The lowest BCUT2D eigenvalue weighted by atomic mass is 10.0. The van der Waals surface area contributed by atoms with Gasteiger partial charge in [-0.05, 0) is 44.9 Å². The minimum Gasteiger partial charge on any atom is -0.480 e. The molecule has 12 nitrogen and oxygen atoms in total. The van der Waals surface area contributed by atoms with Gasteiger partial charge in [-0.1, -0.05) is 12.8 Å². The van der Waals surface area contributed by atoms with Crippen LogP contribution in [0, 0.1) is 0 Å². The minimum absolute atomic E-state index is 0.0455. The molecule has 3 aliphatic rings. The number of carboxylic acid groups (broad SMARTS) is 1. The van der Waals surface area contributed by atoms with Crippen LogP contribution in [0.15, 0.2) is 0 Å². The van der Waals surface area contributed by atoms with Gasteiger partial charge in [0.25, 0.3) is 0 Å². The zero-order valence-corrected chi connectivity index (χ0v) is 23.2. The number of carbonyl (C=O) groups excluding carboxylic acids is 5. The monoisotopic (exact) mass is 567 g/mol. The Hall–Kier alpha value is -2.83. The predicted molar refractivity (Wildman–Crippen MR) is 145 cm³/mol. The Balaban J connectivity index is 1.12. The van der Waals surface area contributed by atoms with Crippen molar-refractivity contribution >= 4 is 47.4 Å². The van der Waals surface area contributed by atoms with Crippen LogP contribution in [0.3, 0.4) is 0 Å². The van der Waals surface area contributed by atoms with Crippen molar-refractivity contribution in [3.8, 4) is 0 Å². The number of rotatable bonds is 18. The summed E-state index contributed by atoms with van der Waals surface area (Å²) in [7, 11) is 0. The second-order valence-electron chi connectivity index (χ2n) is 10.4. The maximum absolute atomic E-state index is 12.0. The molecule has 6 amide bonds. The SMILES string of the molecule is O=C(CCCCCNC(=O)CCCCC1SC[C@@H]2NC(=O)N[C@H]12)NCCCCC(C(=O)O)N1C(=O)CCC1=O. The van der Waals surface area contributed by atoms with Gasteiger partial charge in [-0.3, -0.25) is 24.1 Å². The Bertz CT molecular complexity index is 901. The van der Waals surface area contributed by atoms with E-state index in [2.05, 4.69) is 21.3 Å². The fourth-order valence-electron chi connectivity index (χ4n) is 5.26. The van der Waals surface area contributed by atoms with Gasteiger partial charge in [0, 0.05) is 49.8 Å². The standard InChI is InChI=1S/C26H41N5O7S/c32-20(28-15-7-5-8-18(25(36)37)31-22(34)12-13-23(31)35)10-2-1-6-14-27-21(33)11-4-3-9-19-24-17(16-39-19)29-26(38)30-24/h17-19,24H,1-16H2,(H,27,33)(H,28,32)(H,36,37)(H2,29,30,38)/t17-,18?,19?,24-/m0/s1. The number of imide groups is 1.